The van der Waals surface area contributed by atoms with Crippen molar-refractivity contribution in [3.63, 3.8) is 0 Å². The number of benzene rings is 1. The Morgan fingerprint density at radius 2 is 1.90 bits per heavy atom. The minimum Gasteiger partial charge on any atom is -0.0892 e. The first-order valence-corrected chi connectivity index (χ1v) is 5.60. The first-order valence-electron chi connectivity index (χ1n) is 3.28. The van der Waals surface area contributed by atoms with Crippen molar-refractivity contribution < 1.29 is 0 Å². The molecule has 10 heavy (non-hydrogen) atoms. The van der Waals surface area contributed by atoms with Crippen LogP contribution in [0.15, 0.2) is 35.2 Å². The van der Waals surface area contributed by atoms with Gasteiger partial charge in [0.05, 0.1) is 0 Å². The molecule has 1 aromatic carbocycles. The summed E-state index contributed by atoms with van der Waals surface area (Å²) >= 11 is 0. The lowest BCUT2D eigenvalue weighted by Crippen LogP contribution is -1.64. The lowest BCUT2D eigenvalue weighted by molar-refractivity contribution is 1.48. The van der Waals surface area contributed by atoms with Crippen LogP contribution in [-0.4, -0.2) is 5.75 Å². The number of rotatable bonds is 3. The van der Waals surface area contributed by atoms with Gasteiger partial charge in [-0.3, -0.25) is 0 Å². The third-order valence-corrected chi connectivity index (χ3v) is 3.47. The van der Waals surface area contributed by atoms with Crippen molar-refractivity contribution >= 4 is 21.6 Å². The zero-order chi connectivity index (χ0) is 7.23. The van der Waals surface area contributed by atoms with Crippen LogP contribution in [0.4, 0.5) is 0 Å². The molecular formula is C8H10S2. The molecule has 0 N–H and O–H groups in total. The molecule has 0 radical (unpaired) electrons. The average Bonchev–Trinajstić information content (AvgIpc) is 2.03. The lowest BCUT2D eigenvalue weighted by atomic mass is 10.4. The van der Waals surface area contributed by atoms with Gasteiger partial charge in [0.2, 0.25) is 0 Å². The highest BCUT2D eigenvalue weighted by Gasteiger charge is 1.88. The second-order valence-electron chi connectivity index (χ2n) is 1.80. The van der Waals surface area contributed by atoms with Crippen LogP contribution in [-0.2, 0) is 0 Å². The molecule has 0 heterocycles. The predicted octanol–water partition coefficient (Wildman–Crippen LogP) is 3.45. The van der Waals surface area contributed by atoms with Crippen LogP contribution >= 0.6 is 21.6 Å². The summed E-state index contributed by atoms with van der Waals surface area (Å²) in [5.74, 6) is 1.17. The molecule has 0 aliphatic carbocycles. The third kappa shape index (κ3) is 2.67. The predicted molar refractivity (Wildman–Crippen MR) is 50.4 cm³/mol. The molecule has 0 atom stereocenters. The van der Waals surface area contributed by atoms with Gasteiger partial charge in [0.25, 0.3) is 0 Å². The van der Waals surface area contributed by atoms with Gasteiger partial charge >= 0.3 is 0 Å². The van der Waals surface area contributed by atoms with E-state index in [9.17, 15) is 0 Å². The molecule has 0 aromatic heterocycles. The summed E-state index contributed by atoms with van der Waals surface area (Å²) in [7, 11) is 3.71. The molecule has 0 fully saturated rings. The molecular weight excluding hydrogens is 160 g/mol. The molecule has 54 valence electrons. The van der Waals surface area contributed by atoms with E-state index in [1.807, 2.05) is 27.7 Å². The monoisotopic (exact) mass is 170 g/mol. The van der Waals surface area contributed by atoms with E-state index >= 15 is 0 Å². The average molecular weight is 170 g/mol. The fourth-order valence-electron chi connectivity index (χ4n) is 0.603. The first-order chi connectivity index (χ1) is 4.93. The maximum Gasteiger partial charge on any atom is 0.0182 e. The molecule has 0 saturated carbocycles. The number of hydrogen-bond donors (Lipinski definition) is 0. The van der Waals surface area contributed by atoms with Crippen molar-refractivity contribution in [3.8, 4) is 0 Å². The third-order valence-electron chi connectivity index (χ3n) is 1.02. The van der Waals surface area contributed by atoms with E-state index in [1.165, 1.54) is 10.6 Å². The number of hydrogen-bond acceptors (Lipinski definition) is 2. The van der Waals surface area contributed by atoms with Crippen molar-refractivity contribution in [1.29, 1.82) is 0 Å². The Balaban J connectivity index is 2.43. The molecule has 0 bridgehead atoms. The topological polar surface area (TPSA) is 0 Å². The van der Waals surface area contributed by atoms with Gasteiger partial charge in [0, 0.05) is 10.6 Å². The normalized spacial score (nSPS) is 9.70. The van der Waals surface area contributed by atoms with E-state index in [1.54, 1.807) is 0 Å². The summed E-state index contributed by atoms with van der Waals surface area (Å²) in [6.07, 6.45) is 0. The Bertz CT molecular complexity index is 172. The standard InChI is InChI=1S/C8H10S2/c1-2-9-10-8-6-4-3-5-7-8/h3-7H,2H2,1H3. The van der Waals surface area contributed by atoms with Gasteiger partial charge in [-0.05, 0) is 12.1 Å². The maximum absolute atomic E-state index is 2.17. The lowest BCUT2D eigenvalue weighted by Gasteiger charge is -1.95. The minimum absolute atomic E-state index is 1.17. The van der Waals surface area contributed by atoms with Crippen LogP contribution in [0.25, 0.3) is 0 Å². The molecule has 0 amide bonds. The summed E-state index contributed by atoms with van der Waals surface area (Å²) in [5.41, 5.74) is 0. The highest BCUT2D eigenvalue weighted by atomic mass is 33.1. The van der Waals surface area contributed by atoms with Crippen LogP contribution in [0.3, 0.4) is 0 Å². The van der Waals surface area contributed by atoms with Crippen LogP contribution in [0.2, 0.25) is 0 Å². The summed E-state index contributed by atoms with van der Waals surface area (Å²) < 4.78 is 0. The zero-order valence-corrected chi connectivity index (χ0v) is 7.54. The summed E-state index contributed by atoms with van der Waals surface area (Å²) in [4.78, 5) is 1.34. The van der Waals surface area contributed by atoms with Gasteiger partial charge in [0.15, 0.2) is 0 Å². The SMILES string of the molecule is CCSSc1ccccc1. The Morgan fingerprint density at radius 3 is 2.50 bits per heavy atom. The zero-order valence-electron chi connectivity index (χ0n) is 5.91. The molecule has 0 nitrogen and oxygen atoms in total. The van der Waals surface area contributed by atoms with Crippen molar-refractivity contribution in [2.45, 2.75) is 11.8 Å². The highest BCUT2D eigenvalue weighted by molar-refractivity contribution is 8.76. The van der Waals surface area contributed by atoms with Gasteiger partial charge in [0.1, 0.15) is 0 Å². The van der Waals surface area contributed by atoms with E-state index in [4.69, 9.17) is 0 Å². The molecule has 0 aliphatic heterocycles. The Kier molecular flexibility index (Phi) is 3.76. The minimum atomic E-state index is 1.17. The van der Waals surface area contributed by atoms with Gasteiger partial charge in [-0.25, -0.2) is 0 Å². The molecule has 0 aliphatic rings. The van der Waals surface area contributed by atoms with Gasteiger partial charge in [-0.1, -0.05) is 46.7 Å². The summed E-state index contributed by atoms with van der Waals surface area (Å²) in [6, 6.07) is 10.4. The Morgan fingerprint density at radius 1 is 1.20 bits per heavy atom. The van der Waals surface area contributed by atoms with E-state index in [2.05, 4.69) is 31.2 Å². The van der Waals surface area contributed by atoms with E-state index in [0.717, 1.165) is 0 Å². The second-order valence-corrected chi connectivity index (χ2v) is 4.46. The smallest absolute Gasteiger partial charge is 0.0182 e. The Labute approximate surface area is 69.8 Å². The van der Waals surface area contributed by atoms with Gasteiger partial charge in [-0.2, -0.15) is 0 Å². The molecule has 2 heteroatoms. The maximum atomic E-state index is 2.17. The molecule has 0 saturated heterocycles. The van der Waals surface area contributed by atoms with E-state index in [-0.39, 0.29) is 0 Å². The van der Waals surface area contributed by atoms with Gasteiger partial charge < -0.3 is 0 Å². The quantitative estimate of drug-likeness (QED) is 0.637. The molecule has 1 aromatic rings. The van der Waals surface area contributed by atoms with Crippen molar-refractivity contribution in [1.82, 2.24) is 0 Å². The highest BCUT2D eigenvalue weighted by Crippen LogP contribution is 2.29. The van der Waals surface area contributed by atoms with Crippen molar-refractivity contribution in [3.05, 3.63) is 30.3 Å². The van der Waals surface area contributed by atoms with Crippen LogP contribution in [0.1, 0.15) is 6.92 Å². The first kappa shape index (κ1) is 8.02. The largest absolute Gasteiger partial charge is 0.0892 e. The van der Waals surface area contributed by atoms with Crippen LogP contribution in [0.5, 0.6) is 0 Å². The van der Waals surface area contributed by atoms with Crippen molar-refractivity contribution in [2.75, 3.05) is 5.75 Å². The summed E-state index contributed by atoms with van der Waals surface area (Å²) in [5, 5.41) is 0. The van der Waals surface area contributed by atoms with Crippen LogP contribution < -0.4 is 0 Å². The fraction of sp³-hybridized carbons (Fsp3) is 0.250. The van der Waals surface area contributed by atoms with Crippen molar-refractivity contribution in [2.24, 2.45) is 0 Å². The van der Waals surface area contributed by atoms with E-state index in [0.29, 0.717) is 0 Å². The Hall–Kier alpha value is -0.0800. The fourth-order valence-corrected chi connectivity index (χ4v) is 2.22. The summed E-state index contributed by atoms with van der Waals surface area (Å²) in [6.45, 7) is 2.17. The van der Waals surface area contributed by atoms with E-state index < -0.39 is 0 Å². The molecule has 0 spiro atoms. The molecule has 0 unspecified atom stereocenters. The molecule has 1 rings (SSSR count). The second kappa shape index (κ2) is 4.69. The van der Waals surface area contributed by atoms with Crippen LogP contribution in [0, 0.1) is 0 Å². The van der Waals surface area contributed by atoms with Gasteiger partial charge in [-0.15, -0.1) is 0 Å².